The maximum atomic E-state index is 12.5. The van der Waals surface area contributed by atoms with Gasteiger partial charge in [0, 0.05) is 25.1 Å². The summed E-state index contributed by atoms with van der Waals surface area (Å²) >= 11 is 1.39. The molecule has 1 atom stereocenters. The molecule has 1 aromatic heterocycles. The first-order valence-corrected chi connectivity index (χ1v) is 9.31. The van der Waals surface area contributed by atoms with Crippen molar-refractivity contribution in [2.24, 2.45) is 5.92 Å². The lowest BCUT2D eigenvalue weighted by Crippen LogP contribution is -2.28. The summed E-state index contributed by atoms with van der Waals surface area (Å²) in [6.07, 6.45) is 2.07. The van der Waals surface area contributed by atoms with E-state index in [4.69, 9.17) is 0 Å². The van der Waals surface area contributed by atoms with Gasteiger partial charge >= 0.3 is 0 Å². The van der Waals surface area contributed by atoms with Gasteiger partial charge in [-0.05, 0) is 37.5 Å². The van der Waals surface area contributed by atoms with Crippen molar-refractivity contribution in [2.45, 2.75) is 40.0 Å². The van der Waals surface area contributed by atoms with Crippen LogP contribution in [0.2, 0.25) is 0 Å². The number of nitrogens with zero attached hydrogens (tertiary/aromatic N) is 3. The van der Waals surface area contributed by atoms with Crippen LogP contribution in [0.5, 0.6) is 0 Å². The molecule has 1 aromatic carbocycles. The zero-order chi connectivity index (χ0) is 18.0. The number of aromatic nitrogens is 2. The number of anilines is 2. The third-order valence-electron chi connectivity index (χ3n) is 4.52. The molecule has 132 valence electrons. The number of rotatable bonds is 5. The molecule has 2 aromatic rings. The number of benzene rings is 1. The van der Waals surface area contributed by atoms with Gasteiger partial charge in [-0.25, -0.2) is 0 Å². The second-order valence-electron chi connectivity index (χ2n) is 6.36. The molecule has 3 rings (SSSR count). The normalized spacial score (nSPS) is 17.2. The Bertz CT molecular complexity index is 802. The third kappa shape index (κ3) is 3.71. The predicted octanol–water partition coefficient (Wildman–Crippen LogP) is 3.10. The van der Waals surface area contributed by atoms with E-state index in [9.17, 15) is 9.59 Å². The zero-order valence-electron chi connectivity index (χ0n) is 14.7. The Morgan fingerprint density at radius 3 is 2.92 bits per heavy atom. The molecule has 1 N–H and O–H groups in total. The van der Waals surface area contributed by atoms with Crippen LogP contribution >= 0.6 is 11.3 Å². The standard InChI is InChI=1S/C18H22N4O2S/c1-4-6-15-20-21-18(25-15)19-17(24)13-9-16(23)22(10-13)14-8-5-7-11(2)12(14)3/h5,7-8,13H,4,6,9-10H2,1-3H3,(H,19,21,24). The van der Waals surface area contributed by atoms with Gasteiger partial charge < -0.3 is 10.2 Å². The van der Waals surface area contributed by atoms with E-state index in [0.29, 0.717) is 11.7 Å². The van der Waals surface area contributed by atoms with Crippen molar-refractivity contribution in [3.05, 3.63) is 34.3 Å². The molecule has 0 spiro atoms. The van der Waals surface area contributed by atoms with Gasteiger partial charge in [0.1, 0.15) is 5.01 Å². The molecule has 1 aliphatic heterocycles. The van der Waals surface area contributed by atoms with Crippen LogP contribution in [-0.2, 0) is 16.0 Å². The largest absolute Gasteiger partial charge is 0.311 e. The minimum absolute atomic E-state index is 0.0159. The minimum atomic E-state index is -0.370. The smallest absolute Gasteiger partial charge is 0.231 e. The van der Waals surface area contributed by atoms with Gasteiger partial charge in [-0.3, -0.25) is 9.59 Å². The van der Waals surface area contributed by atoms with Crippen molar-refractivity contribution in [2.75, 3.05) is 16.8 Å². The Morgan fingerprint density at radius 1 is 1.36 bits per heavy atom. The Balaban J connectivity index is 1.69. The number of amides is 2. The van der Waals surface area contributed by atoms with E-state index in [1.165, 1.54) is 11.3 Å². The van der Waals surface area contributed by atoms with Crippen LogP contribution in [-0.4, -0.2) is 28.6 Å². The quantitative estimate of drug-likeness (QED) is 0.891. The fourth-order valence-electron chi connectivity index (χ4n) is 2.97. The Labute approximate surface area is 151 Å². The summed E-state index contributed by atoms with van der Waals surface area (Å²) in [4.78, 5) is 26.6. The predicted molar refractivity (Wildman–Crippen MR) is 98.9 cm³/mol. The maximum absolute atomic E-state index is 12.5. The molecule has 1 saturated heterocycles. The van der Waals surface area contributed by atoms with Crippen molar-refractivity contribution >= 4 is 34.0 Å². The number of nitrogens with one attached hydrogen (secondary N) is 1. The summed E-state index contributed by atoms with van der Waals surface area (Å²) < 4.78 is 0. The molecule has 0 aliphatic carbocycles. The average molecular weight is 358 g/mol. The molecule has 6 nitrogen and oxygen atoms in total. The summed E-state index contributed by atoms with van der Waals surface area (Å²) in [6, 6.07) is 5.89. The molecule has 25 heavy (non-hydrogen) atoms. The van der Waals surface area contributed by atoms with Crippen molar-refractivity contribution in [1.29, 1.82) is 0 Å². The van der Waals surface area contributed by atoms with Gasteiger partial charge in [0.05, 0.1) is 5.92 Å². The topological polar surface area (TPSA) is 75.2 Å². The summed E-state index contributed by atoms with van der Waals surface area (Å²) in [7, 11) is 0. The summed E-state index contributed by atoms with van der Waals surface area (Å²) in [5.74, 6) is -0.552. The van der Waals surface area contributed by atoms with E-state index in [-0.39, 0.29) is 24.2 Å². The number of carbonyl (C=O) groups is 2. The first-order valence-electron chi connectivity index (χ1n) is 8.49. The first-order chi connectivity index (χ1) is 12.0. The lowest BCUT2D eigenvalue weighted by Gasteiger charge is -2.20. The highest BCUT2D eigenvalue weighted by Crippen LogP contribution is 2.30. The highest BCUT2D eigenvalue weighted by atomic mass is 32.1. The van der Waals surface area contributed by atoms with E-state index in [1.807, 2.05) is 32.0 Å². The molecular weight excluding hydrogens is 336 g/mol. The third-order valence-corrected chi connectivity index (χ3v) is 5.42. The Hall–Kier alpha value is -2.28. The van der Waals surface area contributed by atoms with Crippen LogP contribution in [0.1, 0.15) is 35.9 Å². The van der Waals surface area contributed by atoms with Crippen LogP contribution in [0.15, 0.2) is 18.2 Å². The van der Waals surface area contributed by atoms with Crippen LogP contribution < -0.4 is 10.2 Å². The van der Waals surface area contributed by atoms with Gasteiger partial charge in [0.15, 0.2) is 0 Å². The fourth-order valence-corrected chi connectivity index (χ4v) is 3.81. The molecule has 2 amide bonds. The highest BCUT2D eigenvalue weighted by Gasteiger charge is 2.36. The van der Waals surface area contributed by atoms with E-state index >= 15 is 0 Å². The van der Waals surface area contributed by atoms with Gasteiger partial charge in [-0.2, -0.15) is 0 Å². The molecule has 1 aliphatic rings. The molecule has 2 heterocycles. The first kappa shape index (κ1) is 17.5. The number of carbonyl (C=O) groups excluding carboxylic acids is 2. The van der Waals surface area contributed by atoms with E-state index in [0.717, 1.165) is 34.7 Å². The number of hydrogen-bond donors (Lipinski definition) is 1. The molecule has 0 radical (unpaired) electrons. The van der Waals surface area contributed by atoms with Crippen LogP contribution in [0, 0.1) is 19.8 Å². The van der Waals surface area contributed by atoms with Crippen molar-refractivity contribution in [3.63, 3.8) is 0 Å². The van der Waals surface area contributed by atoms with Crippen LogP contribution in [0.3, 0.4) is 0 Å². The second-order valence-corrected chi connectivity index (χ2v) is 7.43. The number of hydrogen-bond acceptors (Lipinski definition) is 5. The molecular formula is C18H22N4O2S. The van der Waals surface area contributed by atoms with E-state index in [2.05, 4.69) is 22.4 Å². The van der Waals surface area contributed by atoms with Gasteiger partial charge in [-0.1, -0.05) is 30.4 Å². The average Bonchev–Trinajstić information content (AvgIpc) is 3.17. The number of aryl methyl sites for hydroxylation is 2. The molecule has 1 fully saturated rings. The van der Waals surface area contributed by atoms with Crippen LogP contribution in [0.25, 0.3) is 0 Å². The SMILES string of the molecule is CCCc1nnc(NC(=O)C2CC(=O)N(c3cccc(C)c3C)C2)s1. The molecule has 7 heteroatoms. The summed E-state index contributed by atoms with van der Waals surface area (Å²) in [6.45, 7) is 6.50. The van der Waals surface area contributed by atoms with Crippen LogP contribution in [0.4, 0.5) is 10.8 Å². The second kappa shape index (κ2) is 7.31. The Morgan fingerprint density at radius 2 is 2.16 bits per heavy atom. The lowest BCUT2D eigenvalue weighted by atomic mass is 10.1. The minimum Gasteiger partial charge on any atom is -0.311 e. The van der Waals surface area contributed by atoms with E-state index in [1.54, 1.807) is 4.90 Å². The molecule has 1 unspecified atom stereocenters. The van der Waals surface area contributed by atoms with Gasteiger partial charge in [-0.15, -0.1) is 10.2 Å². The summed E-state index contributed by atoms with van der Waals surface area (Å²) in [5, 5.41) is 12.3. The Kier molecular flexibility index (Phi) is 5.13. The maximum Gasteiger partial charge on any atom is 0.231 e. The fraction of sp³-hybridized carbons (Fsp3) is 0.444. The summed E-state index contributed by atoms with van der Waals surface area (Å²) in [5.41, 5.74) is 3.10. The highest BCUT2D eigenvalue weighted by molar-refractivity contribution is 7.15. The van der Waals surface area contributed by atoms with Gasteiger partial charge in [0.2, 0.25) is 16.9 Å². The van der Waals surface area contributed by atoms with Crippen molar-refractivity contribution in [1.82, 2.24) is 10.2 Å². The van der Waals surface area contributed by atoms with Crippen molar-refractivity contribution in [3.8, 4) is 0 Å². The van der Waals surface area contributed by atoms with E-state index < -0.39 is 0 Å². The van der Waals surface area contributed by atoms with Crippen molar-refractivity contribution < 1.29 is 9.59 Å². The molecule has 0 bridgehead atoms. The monoisotopic (exact) mass is 358 g/mol. The molecule has 0 saturated carbocycles. The lowest BCUT2D eigenvalue weighted by molar-refractivity contribution is -0.122. The zero-order valence-corrected chi connectivity index (χ0v) is 15.5. The van der Waals surface area contributed by atoms with Gasteiger partial charge in [0.25, 0.3) is 0 Å².